The number of nitrogens with one attached hydrogen (secondary N) is 1. The molecule has 1 atom stereocenters. The van der Waals surface area contributed by atoms with Crippen LogP contribution in [0.5, 0.6) is 5.75 Å². The van der Waals surface area contributed by atoms with Gasteiger partial charge in [0.05, 0.1) is 21.6 Å². The average Bonchev–Trinajstić information content (AvgIpc) is 2.32. The molecule has 6 heteroatoms. The van der Waals surface area contributed by atoms with Crippen molar-refractivity contribution < 1.29 is 9.53 Å². The van der Waals surface area contributed by atoms with E-state index < -0.39 is 0 Å². The van der Waals surface area contributed by atoms with Gasteiger partial charge < -0.3 is 10.1 Å². The number of hydrogen-bond acceptors (Lipinski definition) is 2. The topological polar surface area (TPSA) is 38.3 Å². The van der Waals surface area contributed by atoms with E-state index in [-0.39, 0.29) is 16.7 Å². The second-order valence-electron chi connectivity index (χ2n) is 4.33. The Morgan fingerprint density at radius 3 is 2.63 bits per heavy atom. The molecule has 0 aromatic heterocycles. The van der Waals surface area contributed by atoms with Crippen LogP contribution < -0.4 is 10.1 Å². The van der Waals surface area contributed by atoms with Crippen LogP contribution in [0.1, 0.15) is 20.8 Å². The third-order valence-corrected chi connectivity index (χ3v) is 4.67. The van der Waals surface area contributed by atoms with E-state index in [9.17, 15) is 4.79 Å². The first kappa shape index (κ1) is 16.8. The first-order chi connectivity index (χ1) is 8.86. The standard InChI is InChI=1S/C13H16Br2ClNO2/c1-4-19-12-9(14)5-8(16)6-10(12)17-13(18)11(15)7(2)3/h5-7,11H,4H2,1-3H3,(H,17,18). The lowest BCUT2D eigenvalue weighted by Crippen LogP contribution is -2.27. The summed E-state index contributed by atoms with van der Waals surface area (Å²) in [5.74, 6) is 0.659. The highest BCUT2D eigenvalue weighted by molar-refractivity contribution is 9.10. The Kier molecular flexibility index (Phi) is 6.63. The first-order valence-corrected chi connectivity index (χ1v) is 8.02. The molecule has 0 fully saturated rings. The van der Waals surface area contributed by atoms with Gasteiger partial charge in [0.1, 0.15) is 0 Å². The smallest absolute Gasteiger partial charge is 0.238 e. The van der Waals surface area contributed by atoms with Gasteiger partial charge in [-0.05, 0) is 40.9 Å². The molecule has 0 spiro atoms. The van der Waals surface area contributed by atoms with Crippen LogP contribution in [-0.4, -0.2) is 17.3 Å². The summed E-state index contributed by atoms with van der Waals surface area (Å²) in [6.45, 7) is 6.33. The summed E-state index contributed by atoms with van der Waals surface area (Å²) in [6, 6.07) is 3.41. The van der Waals surface area contributed by atoms with Crippen LogP contribution in [0.15, 0.2) is 16.6 Å². The van der Waals surface area contributed by atoms with E-state index in [2.05, 4.69) is 37.2 Å². The molecule has 1 aromatic rings. The number of hydrogen-bond donors (Lipinski definition) is 1. The van der Waals surface area contributed by atoms with E-state index in [0.29, 0.717) is 27.5 Å². The van der Waals surface area contributed by atoms with E-state index in [4.69, 9.17) is 16.3 Å². The van der Waals surface area contributed by atoms with Gasteiger partial charge in [0.2, 0.25) is 5.91 Å². The quantitative estimate of drug-likeness (QED) is 0.700. The molecule has 1 amide bonds. The Morgan fingerprint density at radius 1 is 1.47 bits per heavy atom. The molecule has 19 heavy (non-hydrogen) atoms. The fraction of sp³-hybridized carbons (Fsp3) is 0.462. The summed E-state index contributed by atoms with van der Waals surface area (Å²) in [7, 11) is 0. The maximum atomic E-state index is 12.1. The number of alkyl halides is 1. The van der Waals surface area contributed by atoms with Crippen LogP contribution in [0.4, 0.5) is 5.69 Å². The van der Waals surface area contributed by atoms with Crippen molar-refractivity contribution in [2.45, 2.75) is 25.6 Å². The van der Waals surface area contributed by atoms with Crippen molar-refractivity contribution in [3.8, 4) is 5.75 Å². The van der Waals surface area contributed by atoms with Gasteiger partial charge in [0, 0.05) is 5.02 Å². The molecule has 3 nitrogen and oxygen atoms in total. The fourth-order valence-corrected chi connectivity index (χ4v) is 2.49. The number of amides is 1. The summed E-state index contributed by atoms with van der Waals surface area (Å²) in [6.07, 6.45) is 0. The van der Waals surface area contributed by atoms with E-state index in [0.717, 1.165) is 0 Å². The Bertz CT molecular complexity index is 466. The number of rotatable bonds is 5. The molecule has 0 aliphatic heterocycles. The molecule has 0 bridgehead atoms. The highest BCUT2D eigenvalue weighted by Gasteiger charge is 2.21. The minimum Gasteiger partial charge on any atom is -0.491 e. The van der Waals surface area contributed by atoms with Crippen LogP contribution in [0, 0.1) is 5.92 Å². The summed E-state index contributed by atoms with van der Waals surface area (Å²) in [5.41, 5.74) is 0.566. The molecule has 0 radical (unpaired) electrons. The SMILES string of the molecule is CCOc1c(Br)cc(Cl)cc1NC(=O)C(Br)C(C)C. The monoisotopic (exact) mass is 411 g/mol. The van der Waals surface area contributed by atoms with Crippen LogP contribution in [0.3, 0.4) is 0 Å². The highest BCUT2D eigenvalue weighted by Crippen LogP contribution is 2.37. The lowest BCUT2D eigenvalue weighted by molar-refractivity contribution is -0.116. The normalized spacial score (nSPS) is 12.4. The minimum absolute atomic E-state index is 0.120. The van der Waals surface area contributed by atoms with Crippen molar-refractivity contribution in [3.05, 3.63) is 21.6 Å². The van der Waals surface area contributed by atoms with Crippen molar-refractivity contribution >= 4 is 55.1 Å². The molecule has 1 rings (SSSR count). The zero-order valence-corrected chi connectivity index (χ0v) is 14.9. The lowest BCUT2D eigenvalue weighted by Gasteiger charge is -2.17. The number of carbonyl (C=O) groups is 1. The van der Waals surface area contributed by atoms with Crippen LogP contribution in [-0.2, 0) is 4.79 Å². The van der Waals surface area contributed by atoms with E-state index in [1.54, 1.807) is 12.1 Å². The van der Waals surface area contributed by atoms with Crippen molar-refractivity contribution in [2.75, 3.05) is 11.9 Å². The van der Waals surface area contributed by atoms with Gasteiger partial charge >= 0.3 is 0 Å². The molecular weight excluding hydrogens is 397 g/mol. The van der Waals surface area contributed by atoms with Crippen LogP contribution in [0.2, 0.25) is 5.02 Å². The van der Waals surface area contributed by atoms with Gasteiger partial charge in [-0.3, -0.25) is 4.79 Å². The molecule has 1 N–H and O–H groups in total. The zero-order valence-electron chi connectivity index (χ0n) is 11.0. The summed E-state index contributed by atoms with van der Waals surface area (Å²) in [5, 5.41) is 3.36. The molecular formula is C13H16Br2ClNO2. The predicted molar refractivity (Wildman–Crippen MR) is 86.5 cm³/mol. The molecule has 1 unspecified atom stereocenters. The van der Waals surface area contributed by atoms with E-state index >= 15 is 0 Å². The van der Waals surface area contributed by atoms with Crippen molar-refractivity contribution in [1.29, 1.82) is 0 Å². The van der Waals surface area contributed by atoms with Crippen LogP contribution in [0.25, 0.3) is 0 Å². The molecule has 106 valence electrons. The Morgan fingerprint density at radius 2 is 2.11 bits per heavy atom. The highest BCUT2D eigenvalue weighted by atomic mass is 79.9. The van der Waals surface area contributed by atoms with Gasteiger partial charge in [-0.15, -0.1) is 0 Å². The van der Waals surface area contributed by atoms with Gasteiger partial charge in [0.15, 0.2) is 5.75 Å². The summed E-state index contributed by atoms with van der Waals surface area (Å²) >= 11 is 12.7. The van der Waals surface area contributed by atoms with E-state index in [1.807, 2.05) is 20.8 Å². The Balaban J connectivity index is 3.02. The molecule has 1 aromatic carbocycles. The molecule has 0 aliphatic rings. The third-order valence-electron chi connectivity index (χ3n) is 2.39. The second kappa shape index (κ2) is 7.50. The molecule has 0 saturated carbocycles. The maximum Gasteiger partial charge on any atom is 0.238 e. The predicted octanol–water partition coefficient (Wildman–Crippen LogP) is 4.86. The van der Waals surface area contributed by atoms with Gasteiger partial charge in [0.25, 0.3) is 0 Å². The Labute approximate surface area is 135 Å². The van der Waals surface area contributed by atoms with Gasteiger partial charge in [-0.1, -0.05) is 41.4 Å². The molecule has 0 heterocycles. The second-order valence-corrected chi connectivity index (χ2v) is 6.61. The summed E-state index contributed by atoms with van der Waals surface area (Å²) < 4.78 is 6.24. The molecule has 0 saturated heterocycles. The van der Waals surface area contributed by atoms with Gasteiger partial charge in [-0.25, -0.2) is 0 Å². The number of carbonyl (C=O) groups excluding carboxylic acids is 1. The first-order valence-electron chi connectivity index (χ1n) is 5.93. The zero-order chi connectivity index (χ0) is 14.6. The minimum atomic E-state index is -0.264. The fourth-order valence-electron chi connectivity index (χ4n) is 1.45. The maximum absolute atomic E-state index is 12.1. The number of ether oxygens (including phenoxy) is 1. The number of benzene rings is 1. The van der Waals surface area contributed by atoms with Gasteiger partial charge in [-0.2, -0.15) is 0 Å². The average molecular weight is 414 g/mol. The summed E-state index contributed by atoms with van der Waals surface area (Å²) in [4.78, 5) is 11.8. The van der Waals surface area contributed by atoms with Crippen molar-refractivity contribution in [2.24, 2.45) is 5.92 Å². The number of halogens is 3. The van der Waals surface area contributed by atoms with Crippen LogP contribution >= 0.6 is 43.5 Å². The third kappa shape index (κ3) is 4.65. The molecule has 0 aliphatic carbocycles. The van der Waals surface area contributed by atoms with Crippen molar-refractivity contribution in [3.63, 3.8) is 0 Å². The van der Waals surface area contributed by atoms with Crippen molar-refractivity contribution in [1.82, 2.24) is 0 Å². The Hall–Kier alpha value is -0.260. The lowest BCUT2D eigenvalue weighted by atomic mass is 10.1. The largest absolute Gasteiger partial charge is 0.491 e. The van der Waals surface area contributed by atoms with E-state index in [1.165, 1.54) is 0 Å². The number of anilines is 1.